The van der Waals surface area contributed by atoms with Gasteiger partial charge in [-0.05, 0) is 12.1 Å². The third-order valence-electron chi connectivity index (χ3n) is 3.77. The number of ether oxygens (including phenoxy) is 1. The quantitative estimate of drug-likeness (QED) is 0.840. The Morgan fingerprint density at radius 3 is 2.54 bits per heavy atom. The second-order valence-corrected chi connectivity index (χ2v) is 5.46. The van der Waals surface area contributed by atoms with E-state index in [9.17, 15) is 18.0 Å². The van der Waals surface area contributed by atoms with E-state index in [1.165, 1.54) is 6.07 Å². The van der Waals surface area contributed by atoms with Gasteiger partial charge in [0.05, 0.1) is 25.0 Å². The van der Waals surface area contributed by atoms with E-state index < -0.39 is 29.1 Å². The van der Waals surface area contributed by atoms with Crippen LogP contribution in [0.1, 0.15) is 16.1 Å². The van der Waals surface area contributed by atoms with Gasteiger partial charge in [0, 0.05) is 13.1 Å². The summed E-state index contributed by atoms with van der Waals surface area (Å²) in [5.41, 5.74) is 2.93. The number of hydrogen-bond donors (Lipinski definition) is 2. The maximum Gasteiger partial charge on any atom is 0.418 e. The van der Waals surface area contributed by atoms with Gasteiger partial charge >= 0.3 is 12.1 Å². The van der Waals surface area contributed by atoms with Crippen molar-refractivity contribution in [2.75, 3.05) is 36.9 Å². The molecule has 1 saturated heterocycles. The third-order valence-corrected chi connectivity index (χ3v) is 3.77. The molecule has 0 amide bonds. The molecule has 3 heterocycles. The van der Waals surface area contributed by atoms with Gasteiger partial charge in [0.25, 0.3) is 0 Å². The first-order chi connectivity index (χ1) is 12.3. The Labute approximate surface area is 145 Å². The van der Waals surface area contributed by atoms with Gasteiger partial charge in [0.2, 0.25) is 0 Å². The van der Waals surface area contributed by atoms with Crippen LogP contribution >= 0.6 is 0 Å². The van der Waals surface area contributed by atoms with E-state index in [0.29, 0.717) is 32.1 Å². The minimum Gasteiger partial charge on any atom is -0.476 e. The molecule has 0 unspecified atom stereocenters. The van der Waals surface area contributed by atoms with Gasteiger partial charge < -0.3 is 20.5 Å². The van der Waals surface area contributed by atoms with Crippen LogP contribution in [0.5, 0.6) is 0 Å². The molecule has 0 atom stereocenters. The Hall–Kier alpha value is -2.95. The van der Waals surface area contributed by atoms with E-state index in [2.05, 4.69) is 15.0 Å². The summed E-state index contributed by atoms with van der Waals surface area (Å²) in [7, 11) is 0. The zero-order valence-corrected chi connectivity index (χ0v) is 13.3. The normalized spacial score (nSPS) is 15.1. The van der Waals surface area contributed by atoms with Gasteiger partial charge in [0.15, 0.2) is 11.5 Å². The van der Waals surface area contributed by atoms with Crippen LogP contribution in [0.3, 0.4) is 0 Å². The van der Waals surface area contributed by atoms with E-state index in [4.69, 9.17) is 15.6 Å². The minimum absolute atomic E-state index is 0.312. The summed E-state index contributed by atoms with van der Waals surface area (Å²) in [6.45, 7) is 1.82. The summed E-state index contributed by atoms with van der Waals surface area (Å²) in [6, 6.07) is 2.16. The SMILES string of the molecule is Nc1ncc(-c2nc(N3CCOCC3)ccc2C(F)(F)F)nc1C(=O)O. The summed E-state index contributed by atoms with van der Waals surface area (Å²) in [5, 5.41) is 9.08. The van der Waals surface area contributed by atoms with Crippen LogP contribution in [0.15, 0.2) is 18.3 Å². The van der Waals surface area contributed by atoms with Crippen LogP contribution in [-0.4, -0.2) is 52.3 Å². The molecular formula is C15H14F3N5O3. The van der Waals surface area contributed by atoms with Gasteiger partial charge in [-0.3, -0.25) is 0 Å². The fraction of sp³-hybridized carbons (Fsp3) is 0.333. The van der Waals surface area contributed by atoms with Crippen molar-refractivity contribution in [3.05, 3.63) is 29.6 Å². The van der Waals surface area contributed by atoms with Gasteiger partial charge in [-0.2, -0.15) is 13.2 Å². The highest BCUT2D eigenvalue weighted by Gasteiger charge is 2.36. The Morgan fingerprint density at radius 1 is 1.23 bits per heavy atom. The van der Waals surface area contributed by atoms with Crippen LogP contribution in [-0.2, 0) is 10.9 Å². The molecule has 8 nitrogen and oxygen atoms in total. The number of carboxylic acids is 1. The molecule has 1 aliphatic heterocycles. The van der Waals surface area contributed by atoms with E-state index in [1.54, 1.807) is 4.90 Å². The summed E-state index contributed by atoms with van der Waals surface area (Å²) >= 11 is 0. The van der Waals surface area contributed by atoms with E-state index >= 15 is 0 Å². The molecule has 0 saturated carbocycles. The number of nitrogens with two attached hydrogens (primary N) is 1. The predicted octanol–water partition coefficient (Wildman–Crippen LogP) is 1.67. The van der Waals surface area contributed by atoms with Crippen molar-refractivity contribution in [3.63, 3.8) is 0 Å². The Kier molecular flexibility index (Phi) is 4.64. The monoisotopic (exact) mass is 369 g/mol. The number of nitrogen functional groups attached to an aromatic ring is 1. The number of hydrogen-bond acceptors (Lipinski definition) is 7. The fourth-order valence-corrected chi connectivity index (χ4v) is 2.51. The molecule has 1 aliphatic rings. The largest absolute Gasteiger partial charge is 0.476 e. The lowest BCUT2D eigenvalue weighted by Crippen LogP contribution is -2.36. The molecule has 3 N–H and O–H groups in total. The molecule has 26 heavy (non-hydrogen) atoms. The molecule has 2 aromatic heterocycles. The standard InChI is InChI=1S/C15H14F3N5O3/c16-15(17,18)8-1-2-10(23-3-5-26-6-4-23)22-11(8)9-7-20-13(19)12(21-9)14(24)25/h1-2,7H,3-6H2,(H2,19,20)(H,24,25). The Balaban J connectivity index is 2.13. The zero-order chi connectivity index (χ0) is 18.9. The summed E-state index contributed by atoms with van der Waals surface area (Å²) < 4.78 is 45.4. The molecule has 0 bridgehead atoms. The number of carboxylic acid groups (broad SMARTS) is 1. The van der Waals surface area contributed by atoms with Crippen molar-refractivity contribution < 1.29 is 27.8 Å². The Morgan fingerprint density at radius 2 is 1.92 bits per heavy atom. The lowest BCUT2D eigenvalue weighted by Gasteiger charge is -2.28. The number of pyridine rings is 1. The number of halogens is 3. The van der Waals surface area contributed by atoms with Crippen molar-refractivity contribution in [2.45, 2.75) is 6.18 Å². The van der Waals surface area contributed by atoms with Crippen molar-refractivity contribution in [3.8, 4) is 11.4 Å². The number of rotatable bonds is 3. The smallest absolute Gasteiger partial charge is 0.418 e. The molecule has 0 aromatic carbocycles. The molecule has 11 heteroatoms. The molecule has 138 valence electrons. The summed E-state index contributed by atoms with van der Waals surface area (Å²) in [4.78, 5) is 24.4. The van der Waals surface area contributed by atoms with Gasteiger partial charge in [0.1, 0.15) is 17.2 Å². The number of morpholine rings is 1. The minimum atomic E-state index is -4.70. The van der Waals surface area contributed by atoms with Crippen LogP contribution in [0.25, 0.3) is 11.4 Å². The van der Waals surface area contributed by atoms with Crippen molar-refractivity contribution >= 4 is 17.6 Å². The lowest BCUT2D eigenvalue weighted by molar-refractivity contribution is -0.137. The summed E-state index contributed by atoms with van der Waals surface area (Å²) in [5.74, 6) is -1.57. The van der Waals surface area contributed by atoms with E-state index in [0.717, 1.165) is 12.3 Å². The highest BCUT2D eigenvalue weighted by molar-refractivity contribution is 5.90. The van der Waals surface area contributed by atoms with Gasteiger partial charge in [-0.25, -0.2) is 19.7 Å². The summed E-state index contributed by atoms with van der Waals surface area (Å²) in [6.07, 6.45) is -3.72. The van der Waals surface area contributed by atoms with E-state index in [1.807, 2.05) is 0 Å². The van der Waals surface area contributed by atoms with Crippen LogP contribution in [0, 0.1) is 0 Å². The third kappa shape index (κ3) is 3.52. The van der Waals surface area contributed by atoms with Crippen LogP contribution < -0.4 is 10.6 Å². The topological polar surface area (TPSA) is 114 Å². The molecule has 0 spiro atoms. The second-order valence-electron chi connectivity index (χ2n) is 5.46. The first-order valence-electron chi connectivity index (χ1n) is 7.54. The highest BCUT2D eigenvalue weighted by Crippen LogP contribution is 2.36. The number of aromatic carboxylic acids is 1. The van der Waals surface area contributed by atoms with Gasteiger partial charge in [-0.15, -0.1) is 0 Å². The maximum atomic E-state index is 13.4. The molecule has 3 rings (SSSR count). The maximum absolute atomic E-state index is 13.4. The van der Waals surface area contributed by atoms with Gasteiger partial charge in [-0.1, -0.05) is 0 Å². The van der Waals surface area contributed by atoms with Crippen molar-refractivity contribution in [1.29, 1.82) is 0 Å². The van der Waals surface area contributed by atoms with Crippen LogP contribution in [0.2, 0.25) is 0 Å². The van der Waals surface area contributed by atoms with Crippen molar-refractivity contribution in [2.24, 2.45) is 0 Å². The number of alkyl halides is 3. The van der Waals surface area contributed by atoms with E-state index in [-0.39, 0.29) is 11.5 Å². The van der Waals surface area contributed by atoms with Crippen molar-refractivity contribution in [1.82, 2.24) is 15.0 Å². The molecule has 0 aliphatic carbocycles. The Bertz CT molecular complexity index is 838. The zero-order valence-electron chi connectivity index (χ0n) is 13.3. The highest BCUT2D eigenvalue weighted by atomic mass is 19.4. The molecule has 2 aromatic rings. The van der Waals surface area contributed by atoms with Crippen LogP contribution in [0.4, 0.5) is 24.8 Å². The second kappa shape index (κ2) is 6.75. The average molecular weight is 369 g/mol. The number of aromatic nitrogens is 3. The number of carbonyl (C=O) groups is 1. The number of nitrogens with zero attached hydrogens (tertiary/aromatic N) is 4. The first kappa shape index (κ1) is 17.9. The first-order valence-corrected chi connectivity index (χ1v) is 7.54. The lowest BCUT2D eigenvalue weighted by atomic mass is 10.1. The average Bonchev–Trinajstić information content (AvgIpc) is 2.61. The molecule has 1 fully saturated rings. The fourth-order valence-electron chi connectivity index (χ4n) is 2.51. The molecular weight excluding hydrogens is 355 g/mol. The molecule has 0 radical (unpaired) electrons. The number of anilines is 2. The predicted molar refractivity (Wildman–Crippen MR) is 84.7 cm³/mol.